The number of benzene rings is 2. The predicted octanol–water partition coefficient (Wildman–Crippen LogP) is 5.32. The Morgan fingerprint density at radius 1 is 0.781 bits per heavy atom. The lowest BCUT2D eigenvalue weighted by atomic mass is 10.2. The second kappa shape index (κ2) is 15.3. The summed E-state index contributed by atoms with van der Waals surface area (Å²) in [5, 5.41) is 0. The van der Waals surface area contributed by atoms with Gasteiger partial charge in [-0.1, -0.05) is 31.2 Å². The van der Waals surface area contributed by atoms with E-state index in [2.05, 4.69) is 0 Å². The first kappa shape index (κ1) is 26.5. The molecule has 0 spiro atoms. The van der Waals surface area contributed by atoms with Crippen molar-refractivity contribution in [3.8, 4) is 11.5 Å². The van der Waals surface area contributed by atoms with E-state index in [0.717, 1.165) is 29.0 Å². The molecule has 0 aliphatic rings. The summed E-state index contributed by atoms with van der Waals surface area (Å²) in [6.45, 7) is 6.06. The SMILES string of the molecule is CCCOC(=O)C=Cc1ccc(OC)cc1.COc1ccc(C=CC(=O)OC(C)C)cc1. The van der Waals surface area contributed by atoms with Crippen LogP contribution in [0.15, 0.2) is 60.7 Å². The predicted molar refractivity (Wildman–Crippen MR) is 127 cm³/mol. The van der Waals surface area contributed by atoms with Crippen molar-refractivity contribution in [1.29, 1.82) is 0 Å². The molecule has 0 atom stereocenters. The van der Waals surface area contributed by atoms with E-state index < -0.39 is 0 Å². The van der Waals surface area contributed by atoms with Gasteiger partial charge in [0.15, 0.2) is 0 Å². The minimum absolute atomic E-state index is 0.0898. The molecule has 6 nitrogen and oxygen atoms in total. The van der Waals surface area contributed by atoms with Crippen molar-refractivity contribution in [1.82, 2.24) is 0 Å². The molecule has 0 bridgehead atoms. The number of carbonyl (C=O) groups excluding carboxylic acids is 2. The van der Waals surface area contributed by atoms with Gasteiger partial charge >= 0.3 is 11.9 Å². The number of carbonyl (C=O) groups is 2. The molecule has 0 aromatic heterocycles. The average Bonchev–Trinajstić information content (AvgIpc) is 2.80. The van der Waals surface area contributed by atoms with Crippen LogP contribution in [0.4, 0.5) is 0 Å². The molecule has 0 N–H and O–H groups in total. The molecule has 0 heterocycles. The van der Waals surface area contributed by atoms with Gasteiger partial charge < -0.3 is 18.9 Å². The highest BCUT2D eigenvalue weighted by Gasteiger charge is 1.99. The van der Waals surface area contributed by atoms with E-state index in [-0.39, 0.29) is 18.0 Å². The van der Waals surface area contributed by atoms with Gasteiger partial charge in [0.25, 0.3) is 0 Å². The van der Waals surface area contributed by atoms with Gasteiger partial charge in [0.2, 0.25) is 0 Å². The van der Waals surface area contributed by atoms with Crippen molar-refractivity contribution in [2.45, 2.75) is 33.3 Å². The molecule has 0 saturated heterocycles. The number of ether oxygens (including phenoxy) is 4. The van der Waals surface area contributed by atoms with Crippen LogP contribution in [-0.2, 0) is 19.1 Å². The van der Waals surface area contributed by atoms with Gasteiger partial charge in [0.1, 0.15) is 11.5 Å². The van der Waals surface area contributed by atoms with Crippen LogP contribution in [0.5, 0.6) is 11.5 Å². The van der Waals surface area contributed by atoms with Crippen molar-refractivity contribution in [3.05, 3.63) is 71.8 Å². The van der Waals surface area contributed by atoms with E-state index >= 15 is 0 Å². The van der Waals surface area contributed by atoms with Gasteiger partial charge in [-0.3, -0.25) is 0 Å². The maximum atomic E-state index is 11.2. The minimum atomic E-state index is -0.328. The summed E-state index contributed by atoms with van der Waals surface area (Å²) >= 11 is 0. The fourth-order valence-electron chi connectivity index (χ4n) is 2.28. The van der Waals surface area contributed by atoms with Crippen LogP contribution in [-0.4, -0.2) is 38.9 Å². The van der Waals surface area contributed by atoms with Gasteiger partial charge in [0.05, 0.1) is 26.9 Å². The van der Waals surface area contributed by atoms with E-state index in [1.54, 1.807) is 26.4 Å². The van der Waals surface area contributed by atoms with E-state index in [1.165, 1.54) is 12.2 Å². The maximum Gasteiger partial charge on any atom is 0.331 e. The highest BCUT2D eigenvalue weighted by molar-refractivity contribution is 5.87. The summed E-state index contributed by atoms with van der Waals surface area (Å²) in [7, 11) is 3.23. The lowest BCUT2D eigenvalue weighted by Gasteiger charge is -2.04. The van der Waals surface area contributed by atoms with Crippen molar-refractivity contribution in [3.63, 3.8) is 0 Å². The Labute approximate surface area is 190 Å². The molecule has 0 aliphatic carbocycles. The molecule has 0 aliphatic heterocycles. The summed E-state index contributed by atoms with van der Waals surface area (Å²) in [6.07, 6.45) is 7.02. The molecule has 32 heavy (non-hydrogen) atoms. The number of rotatable bonds is 9. The van der Waals surface area contributed by atoms with Crippen LogP contribution in [0, 0.1) is 0 Å². The van der Waals surface area contributed by atoms with Gasteiger partial charge in [-0.05, 0) is 67.8 Å². The number of esters is 2. The van der Waals surface area contributed by atoms with Crippen LogP contribution < -0.4 is 9.47 Å². The van der Waals surface area contributed by atoms with Gasteiger partial charge in [0, 0.05) is 12.2 Å². The monoisotopic (exact) mass is 440 g/mol. The van der Waals surface area contributed by atoms with E-state index in [0.29, 0.717) is 6.61 Å². The Balaban J connectivity index is 0.000000320. The molecule has 6 heteroatoms. The Hall–Kier alpha value is -3.54. The third-order valence-electron chi connectivity index (χ3n) is 3.86. The molecule has 2 rings (SSSR count). The zero-order chi connectivity index (χ0) is 23.8. The molecule has 172 valence electrons. The van der Waals surface area contributed by atoms with E-state index in [9.17, 15) is 9.59 Å². The summed E-state index contributed by atoms with van der Waals surface area (Å²) in [5.41, 5.74) is 1.87. The largest absolute Gasteiger partial charge is 0.497 e. The Kier molecular flexibility index (Phi) is 12.7. The number of hydrogen-bond acceptors (Lipinski definition) is 6. The highest BCUT2D eigenvalue weighted by Crippen LogP contribution is 2.13. The lowest BCUT2D eigenvalue weighted by Crippen LogP contribution is -2.08. The topological polar surface area (TPSA) is 71.1 Å². The Morgan fingerprint density at radius 2 is 1.22 bits per heavy atom. The molecule has 2 aromatic carbocycles. The van der Waals surface area contributed by atoms with Crippen molar-refractivity contribution in [2.75, 3.05) is 20.8 Å². The van der Waals surface area contributed by atoms with Gasteiger partial charge in [-0.15, -0.1) is 0 Å². The summed E-state index contributed by atoms with van der Waals surface area (Å²) in [5.74, 6) is 0.955. The number of methoxy groups -OCH3 is 2. The smallest absolute Gasteiger partial charge is 0.331 e. The van der Waals surface area contributed by atoms with Gasteiger partial charge in [-0.2, -0.15) is 0 Å². The standard InChI is InChI=1S/2C13H16O3/c1-10(2)16-13(14)9-6-11-4-7-12(15-3)8-5-11;1-3-10-16-13(14)9-6-11-4-7-12(15-2)8-5-11/h4-10H,1-3H3;4-9H,3,10H2,1-2H3. The third-order valence-corrected chi connectivity index (χ3v) is 3.86. The normalized spacial score (nSPS) is 10.6. The molecular weight excluding hydrogens is 408 g/mol. The third kappa shape index (κ3) is 11.6. The highest BCUT2D eigenvalue weighted by atomic mass is 16.5. The van der Waals surface area contributed by atoms with Crippen LogP contribution in [0.1, 0.15) is 38.3 Å². The summed E-state index contributed by atoms with van der Waals surface area (Å²) < 4.78 is 19.9. The molecule has 0 fully saturated rings. The van der Waals surface area contributed by atoms with Crippen molar-refractivity contribution < 1.29 is 28.5 Å². The van der Waals surface area contributed by atoms with E-state index in [4.69, 9.17) is 18.9 Å². The zero-order valence-corrected chi connectivity index (χ0v) is 19.4. The van der Waals surface area contributed by atoms with E-state index in [1.807, 2.05) is 69.3 Å². The van der Waals surface area contributed by atoms with Crippen LogP contribution in [0.25, 0.3) is 12.2 Å². The molecule has 2 aromatic rings. The molecule has 0 amide bonds. The van der Waals surface area contributed by atoms with Crippen molar-refractivity contribution >= 4 is 24.1 Å². The summed E-state index contributed by atoms with van der Waals surface area (Å²) in [6, 6.07) is 14.9. The Bertz CT molecular complexity index is 864. The second-order valence-corrected chi connectivity index (χ2v) is 6.87. The fourth-order valence-corrected chi connectivity index (χ4v) is 2.28. The van der Waals surface area contributed by atoms with Crippen LogP contribution >= 0.6 is 0 Å². The average molecular weight is 441 g/mol. The minimum Gasteiger partial charge on any atom is -0.497 e. The first-order valence-corrected chi connectivity index (χ1v) is 10.4. The van der Waals surface area contributed by atoms with Gasteiger partial charge in [-0.25, -0.2) is 9.59 Å². The number of hydrogen-bond donors (Lipinski definition) is 0. The summed E-state index contributed by atoms with van der Waals surface area (Å²) in [4.78, 5) is 22.4. The van der Waals surface area contributed by atoms with Crippen molar-refractivity contribution in [2.24, 2.45) is 0 Å². The second-order valence-electron chi connectivity index (χ2n) is 6.87. The quantitative estimate of drug-likeness (QED) is 0.388. The fraction of sp³-hybridized carbons (Fsp3) is 0.308. The molecule has 0 saturated carbocycles. The first-order valence-electron chi connectivity index (χ1n) is 10.4. The Morgan fingerprint density at radius 3 is 1.59 bits per heavy atom. The zero-order valence-electron chi connectivity index (χ0n) is 19.4. The molecular formula is C26H32O6. The molecule has 0 unspecified atom stereocenters. The first-order chi connectivity index (χ1) is 15.4. The van der Waals surface area contributed by atoms with Crippen LogP contribution in [0.3, 0.4) is 0 Å². The lowest BCUT2D eigenvalue weighted by molar-refractivity contribution is -0.141. The molecule has 0 radical (unpaired) electrons. The van der Waals surface area contributed by atoms with Crippen LogP contribution in [0.2, 0.25) is 0 Å². The maximum absolute atomic E-state index is 11.2.